The molecule has 0 spiro atoms. The molecule has 0 atom stereocenters. The van der Waals surface area contributed by atoms with Gasteiger partial charge in [-0.1, -0.05) is 18.2 Å². The van der Waals surface area contributed by atoms with Crippen LogP contribution in [0.15, 0.2) is 41.5 Å². The van der Waals surface area contributed by atoms with Gasteiger partial charge in [-0.3, -0.25) is 19.4 Å². The minimum absolute atomic E-state index is 0.0922. The second kappa shape index (κ2) is 5.53. The fraction of sp³-hybridized carbons (Fsp3) is 0.231. The molecule has 0 aliphatic carbocycles. The minimum atomic E-state index is -0.362. The topological polar surface area (TPSA) is 82.1 Å². The average Bonchev–Trinajstić information content (AvgIpc) is 2.79. The van der Waals surface area contributed by atoms with Crippen molar-refractivity contribution in [2.24, 2.45) is 5.84 Å². The van der Waals surface area contributed by atoms with Gasteiger partial charge in [0.15, 0.2) is 0 Å². The fourth-order valence-corrected chi connectivity index (χ4v) is 1.96. The quantitative estimate of drug-likeness (QED) is 0.472. The molecule has 0 aliphatic heterocycles. The molecule has 3 N–H and O–H groups in total. The van der Waals surface area contributed by atoms with Gasteiger partial charge in [0, 0.05) is 24.5 Å². The molecule has 1 aromatic heterocycles. The Bertz CT molecular complexity index is 642. The number of hydrazine groups is 1. The van der Waals surface area contributed by atoms with E-state index in [0.29, 0.717) is 18.7 Å². The zero-order valence-corrected chi connectivity index (χ0v) is 10.7. The van der Waals surface area contributed by atoms with E-state index in [1.54, 1.807) is 39.7 Å². The highest BCUT2D eigenvalue weighted by Crippen LogP contribution is 2.09. The van der Waals surface area contributed by atoms with E-state index in [9.17, 15) is 9.59 Å². The SMILES string of the molecule is CCn1ccn(Cc2ccccc2C(=O)NN)c1=O. The van der Waals surface area contributed by atoms with Crippen LogP contribution >= 0.6 is 0 Å². The van der Waals surface area contributed by atoms with Gasteiger partial charge in [0.05, 0.1) is 6.54 Å². The lowest BCUT2D eigenvalue weighted by Crippen LogP contribution is -2.31. The molecule has 100 valence electrons. The number of nitrogens with one attached hydrogen (secondary N) is 1. The highest BCUT2D eigenvalue weighted by Gasteiger charge is 2.11. The molecule has 0 fully saturated rings. The predicted octanol–water partition coefficient (Wildman–Crippen LogP) is 0.322. The van der Waals surface area contributed by atoms with E-state index in [1.807, 2.05) is 13.0 Å². The Balaban J connectivity index is 2.36. The third kappa shape index (κ3) is 2.58. The second-order valence-electron chi connectivity index (χ2n) is 4.13. The van der Waals surface area contributed by atoms with E-state index in [0.717, 1.165) is 5.56 Å². The fourth-order valence-electron chi connectivity index (χ4n) is 1.96. The van der Waals surface area contributed by atoms with Crippen LogP contribution in [0.5, 0.6) is 0 Å². The van der Waals surface area contributed by atoms with Crippen LogP contribution in [0.2, 0.25) is 0 Å². The first-order chi connectivity index (χ1) is 9.17. The van der Waals surface area contributed by atoms with Gasteiger partial charge in [0.2, 0.25) is 0 Å². The molecule has 1 amide bonds. The first-order valence-corrected chi connectivity index (χ1v) is 6.01. The molecule has 1 heterocycles. The maximum atomic E-state index is 12.0. The van der Waals surface area contributed by atoms with Crippen LogP contribution in [0.4, 0.5) is 0 Å². The number of hydrogen-bond acceptors (Lipinski definition) is 3. The molecule has 0 aliphatic rings. The van der Waals surface area contributed by atoms with Gasteiger partial charge in [-0.15, -0.1) is 0 Å². The summed E-state index contributed by atoms with van der Waals surface area (Å²) in [5, 5.41) is 0. The number of hydrogen-bond donors (Lipinski definition) is 2. The van der Waals surface area contributed by atoms with Crippen molar-refractivity contribution in [3.8, 4) is 0 Å². The van der Waals surface area contributed by atoms with E-state index in [4.69, 9.17) is 5.84 Å². The first kappa shape index (κ1) is 13.1. The van der Waals surface area contributed by atoms with E-state index < -0.39 is 0 Å². The number of nitrogens with two attached hydrogens (primary N) is 1. The van der Waals surface area contributed by atoms with Crippen molar-refractivity contribution in [1.29, 1.82) is 0 Å². The lowest BCUT2D eigenvalue weighted by atomic mass is 10.1. The Kier molecular flexibility index (Phi) is 3.82. The summed E-state index contributed by atoms with van der Waals surface area (Å²) in [6, 6.07) is 7.07. The Labute approximate surface area is 110 Å². The molecule has 6 heteroatoms. The molecule has 0 saturated heterocycles. The minimum Gasteiger partial charge on any atom is -0.300 e. The maximum Gasteiger partial charge on any atom is 0.328 e. The van der Waals surface area contributed by atoms with Crippen LogP contribution in [0, 0.1) is 0 Å². The van der Waals surface area contributed by atoms with E-state index >= 15 is 0 Å². The third-order valence-electron chi connectivity index (χ3n) is 2.99. The van der Waals surface area contributed by atoms with E-state index in [2.05, 4.69) is 5.43 Å². The van der Waals surface area contributed by atoms with Crippen molar-refractivity contribution in [1.82, 2.24) is 14.6 Å². The van der Waals surface area contributed by atoms with Crippen molar-refractivity contribution in [3.63, 3.8) is 0 Å². The second-order valence-corrected chi connectivity index (χ2v) is 4.13. The highest BCUT2D eigenvalue weighted by molar-refractivity contribution is 5.95. The molecule has 19 heavy (non-hydrogen) atoms. The van der Waals surface area contributed by atoms with Crippen molar-refractivity contribution in [2.75, 3.05) is 0 Å². The molecular formula is C13H16N4O2. The Morgan fingerprint density at radius 1 is 1.26 bits per heavy atom. The van der Waals surface area contributed by atoms with Crippen LogP contribution in [-0.2, 0) is 13.1 Å². The van der Waals surface area contributed by atoms with Gasteiger partial charge in [-0.2, -0.15) is 0 Å². The van der Waals surface area contributed by atoms with Gasteiger partial charge in [-0.25, -0.2) is 10.6 Å². The summed E-state index contributed by atoms with van der Waals surface area (Å²) >= 11 is 0. The smallest absolute Gasteiger partial charge is 0.300 e. The summed E-state index contributed by atoms with van der Waals surface area (Å²) in [5.74, 6) is 4.79. The largest absolute Gasteiger partial charge is 0.328 e. The molecule has 0 saturated carbocycles. The van der Waals surface area contributed by atoms with Crippen LogP contribution < -0.4 is 17.0 Å². The van der Waals surface area contributed by atoms with E-state index in [-0.39, 0.29) is 11.6 Å². The maximum absolute atomic E-state index is 12.0. The average molecular weight is 260 g/mol. The number of nitrogen functional groups attached to an aromatic ring is 1. The van der Waals surface area contributed by atoms with Crippen molar-refractivity contribution in [2.45, 2.75) is 20.0 Å². The van der Waals surface area contributed by atoms with Gasteiger partial charge in [0.25, 0.3) is 5.91 Å². The number of aromatic nitrogens is 2. The molecule has 2 rings (SSSR count). The summed E-state index contributed by atoms with van der Waals surface area (Å²) in [6.45, 7) is 2.87. The monoisotopic (exact) mass is 260 g/mol. The van der Waals surface area contributed by atoms with Crippen LogP contribution in [0.25, 0.3) is 0 Å². The summed E-state index contributed by atoms with van der Waals surface area (Å²) in [7, 11) is 0. The molecule has 0 radical (unpaired) electrons. The Morgan fingerprint density at radius 3 is 2.58 bits per heavy atom. The number of nitrogens with zero attached hydrogens (tertiary/aromatic N) is 2. The zero-order chi connectivity index (χ0) is 13.8. The van der Waals surface area contributed by atoms with Gasteiger partial charge >= 0.3 is 5.69 Å². The van der Waals surface area contributed by atoms with Crippen molar-refractivity contribution >= 4 is 5.91 Å². The zero-order valence-electron chi connectivity index (χ0n) is 10.7. The first-order valence-electron chi connectivity index (χ1n) is 6.01. The number of amides is 1. The van der Waals surface area contributed by atoms with Crippen LogP contribution in [0.1, 0.15) is 22.8 Å². The summed E-state index contributed by atoms with van der Waals surface area (Å²) < 4.78 is 3.16. The Morgan fingerprint density at radius 2 is 1.95 bits per heavy atom. The lowest BCUT2D eigenvalue weighted by Gasteiger charge is -2.08. The number of benzene rings is 1. The van der Waals surface area contributed by atoms with Gasteiger partial charge < -0.3 is 0 Å². The number of rotatable bonds is 4. The van der Waals surface area contributed by atoms with Gasteiger partial charge in [0.1, 0.15) is 0 Å². The number of carbonyl (C=O) groups excluding carboxylic acids is 1. The lowest BCUT2D eigenvalue weighted by molar-refractivity contribution is 0.0952. The predicted molar refractivity (Wildman–Crippen MR) is 71.6 cm³/mol. The third-order valence-corrected chi connectivity index (χ3v) is 2.99. The number of imidazole rings is 1. The molecule has 0 bridgehead atoms. The molecular weight excluding hydrogens is 244 g/mol. The summed E-state index contributed by atoms with van der Waals surface area (Å²) in [6.07, 6.45) is 3.44. The van der Waals surface area contributed by atoms with Crippen LogP contribution in [-0.4, -0.2) is 15.0 Å². The summed E-state index contributed by atoms with van der Waals surface area (Å²) in [4.78, 5) is 23.6. The van der Waals surface area contributed by atoms with Gasteiger partial charge in [-0.05, 0) is 18.6 Å². The summed E-state index contributed by atoms with van der Waals surface area (Å²) in [5.41, 5.74) is 3.24. The van der Waals surface area contributed by atoms with Crippen LogP contribution in [0.3, 0.4) is 0 Å². The normalized spacial score (nSPS) is 10.4. The molecule has 1 aromatic carbocycles. The Hall–Kier alpha value is -2.34. The number of aryl methyl sites for hydroxylation is 1. The van der Waals surface area contributed by atoms with Crippen molar-refractivity contribution in [3.05, 3.63) is 58.3 Å². The highest BCUT2D eigenvalue weighted by atomic mass is 16.2. The molecule has 2 aromatic rings. The van der Waals surface area contributed by atoms with Crippen molar-refractivity contribution < 1.29 is 4.79 Å². The molecule has 6 nitrogen and oxygen atoms in total. The molecule has 0 unspecified atom stereocenters. The standard InChI is InChI=1S/C13H16N4O2/c1-2-16-7-8-17(13(16)19)9-10-5-3-4-6-11(10)12(18)15-14/h3-8H,2,9,14H2,1H3,(H,15,18). The van der Waals surface area contributed by atoms with E-state index in [1.165, 1.54) is 0 Å². The number of carbonyl (C=O) groups is 1.